The minimum absolute atomic E-state index is 0.659. The lowest BCUT2D eigenvalue weighted by Gasteiger charge is -2.02. The van der Waals surface area contributed by atoms with Crippen LogP contribution in [0.25, 0.3) is 0 Å². The van der Waals surface area contributed by atoms with E-state index >= 15 is 0 Å². The molecule has 0 heterocycles. The molecule has 0 saturated carbocycles. The summed E-state index contributed by atoms with van der Waals surface area (Å²) in [6.45, 7) is 5.62. The fourth-order valence-corrected chi connectivity index (χ4v) is 2.39. The van der Waals surface area contributed by atoms with Crippen LogP contribution < -0.4 is 0 Å². The molecule has 0 aliphatic heterocycles. The molecular formula is C8H14OS2. The number of rotatable bonds is 6. The van der Waals surface area contributed by atoms with Gasteiger partial charge in [0.25, 0.3) is 0 Å². The molecule has 0 saturated heterocycles. The van der Waals surface area contributed by atoms with Crippen LogP contribution >= 0.6 is 10.8 Å². The molecule has 0 aromatic carbocycles. The van der Waals surface area contributed by atoms with Crippen molar-refractivity contribution in [3.05, 3.63) is 24.8 Å². The van der Waals surface area contributed by atoms with Crippen molar-refractivity contribution in [3.63, 3.8) is 0 Å². The molecule has 11 heavy (non-hydrogen) atoms. The van der Waals surface area contributed by atoms with Crippen LogP contribution in [0, 0.1) is 0 Å². The van der Waals surface area contributed by atoms with Crippen molar-refractivity contribution in [2.75, 3.05) is 11.5 Å². The highest BCUT2D eigenvalue weighted by Crippen LogP contribution is 2.12. The van der Waals surface area contributed by atoms with Gasteiger partial charge in [0.1, 0.15) is 5.75 Å². The second kappa shape index (κ2) is 8.24. The van der Waals surface area contributed by atoms with Gasteiger partial charge in [0, 0.05) is 10.2 Å². The fraction of sp³-hybridized carbons (Fsp3) is 0.500. The molecule has 1 unspecified atom stereocenters. The molecule has 0 radical (unpaired) electrons. The number of hydrogen-bond donors (Lipinski definition) is 0. The van der Waals surface area contributed by atoms with Gasteiger partial charge in [-0.05, 0) is 12.5 Å². The Morgan fingerprint density at radius 2 is 2.27 bits per heavy atom. The van der Waals surface area contributed by atoms with Crippen molar-refractivity contribution in [2.45, 2.75) is 13.3 Å². The molecule has 0 amide bonds. The van der Waals surface area contributed by atoms with E-state index in [-0.39, 0.29) is 0 Å². The van der Waals surface area contributed by atoms with E-state index in [0.29, 0.717) is 5.75 Å². The first-order valence-corrected chi connectivity index (χ1v) is 6.41. The highest BCUT2D eigenvalue weighted by Gasteiger charge is 2.02. The highest BCUT2D eigenvalue weighted by atomic mass is 33.1. The van der Waals surface area contributed by atoms with Gasteiger partial charge >= 0.3 is 0 Å². The molecule has 64 valence electrons. The maximum absolute atomic E-state index is 11.1. The van der Waals surface area contributed by atoms with Crippen molar-refractivity contribution < 1.29 is 4.55 Å². The van der Waals surface area contributed by atoms with Crippen molar-refractivity contribution >= 4 is 21.0 Å². The van der Waals surface area contributed by atoms with Crippen LogP contribution in [0.5, 0.6) is 0 Å². The first-order valence-electron chi connectivity index (χ1n) is 3.58. The zero-order chi connectivity index (χ0) is 8.53. The van der Waals surface area contributed by atoms with Crippen LogP contribution in [-0.4, -0.2) is 16.1 Å². The summed E-state index contributed by atoms with van der Waals surface area (Å²) in [7, 11) is 0.667. The van der Waals surface area contributed by atoms with Gasteiger partial charge in [-0.1, -0.05) is 19.1 Å². The molecule has 0 fully saturated rings. The van der Waals surface area contributed by atoms with Crippen LogP contribution in [0.4, 0.5) is 0 Å². The van der Waals surface area contributed by atoms with Gasteiger partial charge in [-0.15, -0.1) is 6.58 Å². The van der Waals surface area contributed by atoms with Gasteiger partial charge in [0.05, 0.1) is 16.5 Å². The van der Waals surface area contributed by atoms with E-state index in [0.717, 1.165) is 12.2 Å². The summed E-state index contributed by atoms with van der Waals surface area (Å²) in [6, 6.07) is 0. The quantitative estimate of drug-likeness (QED) is 0.365. The second-order valence-electron chi connectivity index (χ2n) is 1.92. The maximum atomic E-state index is 11.1. The standard InChI is InChI=1S/C8H14OS2/c1-3-5-6-8-11(9)10-7-4-2/h4-6H,2-3,7-8H2,1H3. The molecule has 0 aromatic heterocycles. The van der Waals surface area contributed by atoms with E-state index in [9.17, 15) is 4.55 Å². The fourth-order valence-electron chi connectivity index (χ4n) is 0.485. The summed E-state index contributed by atoms with van der Waals surface area (Å²) in [4.78, 5) is 0. The van der Waals surface area contributed by atoms with Gasteiger partial charge in [0.2, 0.25) is 0 Å². The first kappa shape index (κ1) is 11.1. The monoisotopic (exact) mass is 190 g/mol. The molecular weight excluding hydrogens is 176 g/mol. The molecule has 0 N–H and O–H groups in total. The Labute approximate surface area is 75.5 Å². The normalized spacial score (nSPS) is 13.6. The van der Waals surface area contributed by atoms with Crippen molar-refractivity contribution in [1.29, 1.82) is 0 Å². The lowest BCUT2D eigenvalue weighted by atomic mass is 10.4. The van der Waals surface area contributed by atoms with Crippen LogP contribution in [0.1, 0.15) is 13.3 Å². The van der Waals surface area contributed by atoms with E-state index < -0.39 is 10.2 Å². The lowest BCUT2D eigenvalue weighted by Crippen LogP contribution is -1.98. The maximum Gasteiger partial charge on any atom is 0.136 e. The molecule has 1 nitrogen and oxygen atoms in total. The third-order valence-corrected chi connectivity index (χ3v) is 3.66. The Bertz CT molecular complexity index is 123. The first-order chi connectivity index (χ1) is 5.31. The molecule has 0 aromatic rings. The lowest BCUT2D eigenvalue weighted by molar-refractivity contribution is 0.612. The zero-order valence-corrected chi connectivity index (χ0v) is 8.42. The average Bonchev–Trinajstić information content (AvgIpc) is 2.01. The summed E-state index contributed by atoms with van der Waals surface area (Å²) in [5, 5.41) is 0. The summed E-state index contributed by atoms with van der Waals surface area (Å²) < 4.78 is 11.1. The van der Waals surface area contributed by atoms with E-state index in [1.54, 1.807) is 6.08 Å². The summed E-state index contributed by atoms with van der Waals surface area (Å²) >= 11 is 0. The Balaban J connectivity index is 3.28. The Hall–Kier alpha value is 0.140. The predicted octanol–water partition coefficient (Wildman–Crippen LogP) is 2.54. The number of allylic oxidation sites excluding steroid dienone is 1. The molecule has 0 spiro atoms. The Kier molecular flexibility index (Phi) is 8.34. The summed E-state index contributed by atoms with van der Waals surface area (Å²) in [5.41, 5.74) is 0. The van der Waals surface area contributed by atoms with Crippen LogP contribution in [0.15, 0.2) is 24.8 Å². The SMILES string of the molecule is C=CCS[S+]([O-])CC=CCC. The Morgan fingerprint density at radius 1 is 1.55 bits per heavy atom. The average molecular weight is 190 g/mol. The van der Waals surface area contributed by atoms with Gasteiger partial charge in [-0.3, -0.25) is 0 Å². The molecule has 3 heteroatoms. The van der Waals surface area contributed by atoms with Crippen molar-refractivity contribution in [1.82, 2.24) is 0 Å². The van der Waals surface area contributed by atoms with E-state index in [1.807, 2.05) is 12.2 Å². The van der Waals surface area contributed by atoms with Crippen LogP contribution in [0.2, 0.25) is 0 Å². The molecule has 0 rings (SSSR count). The van der Waals surface area contributed by atoms with E-state index in [1.165, 1.54) is 10.8 Å². The molecule has 0 aliphatic rings. The number of hydrogen-bond acceptors (Lipinski definition) is 2. The predicted molar refractivity (Wildman–Crippen MR) is 55.1 cm³/mol. The van der Waals surface area contributed by atoms with Gasteiger partial charge in [-0.2, -0.15) is 0 Å². The van der Waals surface area contributed by atoms with Gasteiger partial charge in [0.15, 0.2) is 0 Å². The smallest absolute Gasteiger partial charge is 0.136 e. The van der Waals surface area contributed by atoms with Crippen molar-refractivity contribution in [2.24, 2.45) is 0 Å². The van der Waals surface area contributed by atoms with E-state index in [2.05, 4.69) is 13.5 Å². The van der Waals surface area contributed by atoms with Crippen molar-refractivity contribution in [3.8, 4) is 0 Å². The topological polar surface area (TPSA) is 23.1 Å². The highest BCUT2D eigenvalue weighted by molar-refractivity contribution is 8.72. The zero-order valence-electron chi connectivity index (χ0n) is 6.79. The van der Waals surface area contributed by atoms with Crippen LogP contribution in [0.3, 0.4) is 0 Å². The van der Waals surface area contributed by atoms with Gasteiger partial charge < -0.3 is 4.55 Å². The van der Waals surface area contributed by atoms with Gasteiger partial charge in [-0.25, -0.2) is 0 Å². The third-order valence-electron chi connectivity index (χ3n) is 0.952. The van der Waals surface area contributed by atoms with E-state index in [4.69, 9.17) is 0 Å². The minimum Gasteiger partial charge on any atom is -0.605 e. The molecule has 0 aliphatic carbocycles. The third kappa shape index (κ3) is 8.04. The molecule has 1 atom stereocenters. The molecule has 0 bridgehead atoms. The van der Waals surface area contributed by atoms with Crippen LogP contribution in [-0.2, 0) is 10.2 Å². The summed E-state index contributed by atoms with van der Waals surface area (Å²) in [5.74, 6) is 1.43. The summed E-state index contributed by atoms with van der Waals surface area (Å²) in [6.07, 6.45) is 6.79. The minimum atomic E-state index is -0.763. The Morgan fingerprint density at radius 3 is 2.82 bits per heavy atom. The largest absolute Gasteiger partial charge is 0.605 e. The second-order valence-corrected chi connectivity index (χ2v) is 5.26.